The van der Waals surface area contributed by atoms with E-state index in [1.807, 2.05) is 14.1 Å². The molecular formula is C23H47NO3. The second-order valence-corrected chi connectivity index (χ2v) is 9.04. The van der Waals surface area contributed by atoms with Gasteiger partial charge in [-0.15, -0.1) is 0 Å². The first-order valence-corrected chi connectivity index (χ1v) is 11.6. The van der Waals surface area contributed by atoms with Crippen molar-refractivity contribution < 1.29 is 19.5 Å². The minimum Gasteiger partial charge on any atom is -0.544 e. The molecule has 0 aliphatic heterocycles. The summed E-state index contributed by atoms with van der Waals surface area (Å²) in [4.78, 5) is 10.7. The summed E-state index contributed by atoms with van der Waals surface area (Å²) in [5.41, 5.74) is 0. The van der Waals surface area contributed by atoms with Gasteiger partial charge in [0, 0.05) is 0 Å². The minimum absolute atomic E-state index is 0.0457. The van der Waals surface area contributed by atoms with Crippen molar-refractivity contribution in [1.29, 1.82) is 0 Å². The molecule has 0 aromatic rings. The molecule has 4 nitrogen and oxygen atoms in total. The van der Waals surface area contributed by atoms with Crippen LogP contribution in [0.5, 0.6) is 0 Å². The molecule has 0 amide bonds. The molecule has 162 valence electrons. The summed E-state index contributed by atoms with van der Waals surface area (Å²) in [5, 5.41) is 20.8. The van der Waals surface area contributed by atoms with Crippen molar-refractivity contribution in [2.24, 2.45) is 0 Å². The number of hydrogen-bond acceptors (Lipinski definition) is 3. The van der Waals surface area contributed by atoms with Gasteiger partial charge in [-0.1, -0.05) is 103 Å². The molecule has 0 bridgehead atoms. The third kappa shape index (κ3) is 19.9. The Morgan fingerprint density at radius 1 is 0.778 bits per heavy atom. The maximum absolute atomic E-state index is 10.7. The van der Waals surface area contributed by atoms with Crippen molar-refractivity contribution in [1.82, 2.24) is 0 Å². The topological polar surface area (TPSA) is 60.4 Å². The van der Waals surface area contributed by atoms with Crippen LogP contribution in [0, 0.1) is 0 Å². The molecule has 1 unspecified atom stereocenters. The van der Waals surface area contributed by atoms with Crippen LogP contribution in [-0.4, -0.2) is 48.8 Å². The highest BCUT2D eigenvalue weighted by Crippen LogP contribution is 2.14. The number of aliphatic hydroxyl groups excluding tert-OH is 1. The first-order valence-electron chi connectivity index (χ1n) is 11.6. The maximum atomic E-state index is 10.7. The molecule has 1 atom stereocenters. The van der Waals surface area contributed by atoms with Gasteiger partial charge in [-0.05, 0) is 6.42 Å². The molecule has 0 aromatic heterocycles. The van der Waals surface area contributed by atoms with Gasteiger partial charge in [0.15, 0.2) is 0 Å². The molecular weight excluding hydrogens is 338 g/mol. The van der Waals surface area contributed by atoms with Crippen LogP contribution in [0.3, 0.4) is 0 Å². The second-order valence-electron chi connectivity index (χ2n) is 9.04. The molecule has 0 aliphatic carbocycles. The number of aliphatic carboxylic acids is 1. The first-order chi connectivity index (χ1) is 12.9. The molecule has 4 heteroatoms. The highest BCUT2D eigenvalue weighted by Gasteiger charge is 2.20. The second kappa shape index (κ2) is 17.5. The van der Waals surface area contributed by atoms with Crippen LogP contribution in [0.2, 0.25) is 0 Å². The average Bonchev–Trinajstić information content (AvgIpc) is 2.56. The molecule has 1 N–H and O–H groups in total. The van der Waals surface area contributed by atoms with Crippen LogP contribution in [-0.2, 0) is 4.79 Å². The summed E-state index contributed by atoms with van der Waals surface area (Å²) >= 11 is 0. The summed E-state index contributed by atoms with van der Waals surface area (Å²) in [5.74, 6) is -1.06. The predicted octanol–water partition coefficient (Wildman–Crippen LogP) is 4.44. The lowest BCUT2D eigenvalue weighted by molar-refractivity contribution is -0.887. The van der Waals surface area contributed by atoms with Gasteiger partial charge in [-0.2, -0.15) is 0 Å². The quantitative estimate of drug-likeness (QED) is 0.249. The Balaban J connectivity index is 3.32. The molecule has 0 aliphatic rings. The van der Waals surface area contributed by atoms with Crippen molar-refractivity contribution in [3.05, 3.63) is 0 Å². The molecule has 0 aromatic carbocycles. The van der Waals surface area contributed by atoms with Crippen LogP contribution in [0.1, 0.15) is 110 Å². The summed E-state index contributed by atoms with van der Waals surface area (Å²) in [6.07, 6.45) is 20.5. The Morgan fingerprint density at radius 3 is 1.52 bits per heavy atom. The van der Waals surface area contributed by atoms with E-state index in [0.29, 0.717) is 6.54 Å². The summed E-state index contributed by atoms with van der Waals surface area (Å²) < 4.78 is 0.280. The van der Waals surface area contributed by atoms with E-state index in [4.69, 9.17) is 0 Å². The Bertz CT molecular complexity index is 345. The van der Waals surface area contributed by atoms with Gasteiger partial charge in [0.05, 0.1) is 20.1 Å². The maximum Gasteiger partial charge on any atom is 0.119 e. The Labute approximate surface area is 168 Å². The zero-order valence-electron chi connectivity index (χ0n) is 18.5. The van der Waals surface area contributed by atoms with Crippen molar-refractivity contribution in [2.75, 3.05) is 27.2 Å². The molecule has 0 spiro atoms. The number of carboxylic acid groups (broad SMARTS) is 1. The molecule has 0 rings (SSSR count). The Kier molecular flexibility index (Phi) is 17.1. The van der Waals surface area contributed by atoms with Crippen LogP contribution >= 0.6 is 0 Å². The Morgan fingerprint density at radius 2 is 1.15 bits per heavy atom. The number of aliphatic hydroxyl groups is 1. The largest absolute Gasteiger partial charge is 0.544 e. The van der Waals surface area contributed by atoms with Crippen molar-refractivity contribution in [2.45, 2.75) is 116 Å². The number of hydrogen-bond donors (Lipinski definition) is 1. The number of carbonyl (C=O) groups is 1. The van der Waals surface area contributed by atoms with E-state index in [1.165, 1.54) is 89.9 Å². The normalized spacial score (nSPS) is 13.0. The SMILES string of the molecule is CCCCCCCCCCCCCCCCCC(O)C[N+](C)(C)CC(=O)[O-]. The van der Waals surface area contributed by atoms with Crippen LogP contribution in [0.4, 0.5) is 0 Å². The van der Waals surface area contributed by atoms with Gasteiger partial charge in [0.2, 0.25) is 0 Å². The van der Waals surface area contributed by atoms with Crippen molar-refractivity contribution >= 4 is 5.97 Å². The van der Waals surface area contributed by atoms with E-state index in [-0.39, 0.29) is 11.0 Å². The zero-order chi connectivity index (χ0) is 20.4. The number of carbonyl (C=O) groups excluding carboxylic acids is 1. The smallest absolute Gasteiger partial charge is 0.119 e. The molecule has 0 heterocycles. The minimum atomic E-state index is -1.06. The number of unbranched alkanes of at least 4 members (excludes halogenated alkanes) is 14. The van der Waals surface area contributed by atoms with E-state index >= 15 is 0 Å². The molecule has 0 fully saturated rings. The van der Waals surface area contributed by atoms with E-state index in [0.717, 1.165) is 12.8 Å². The van der Waals surface area contributed by atoms with E-state index in [1.54, 1.807) is 0 Å². The molecule has 0 radical (unpaired) electrons. The number of carboxylic acids is 1. The first kappa shape index (κ1) is 26.4. The fourth-order valence-electron chi connectivity index (χ4n) is 3.83. The van der Waals surface area contributed by atoms with Crippen LogP contribution in [0.25, 0.3) is 0 Å². The number of rotatable bonds is 20. The van der Waals surface area contributed by atoms with Crippen LogP contribution < -0.4 is 5.11 Å². The van der Waals surface area contributed by atoms with Gasteiger partial charge in [-0.25, -0.2) is 0 Å². The zero-order valence-corrected chi connectivity index (χ0v) is 18.5. The summed E-state index contributed by atoms with van der Waals surface area (Å²) in [6, 6.07) is 0. The third-order valence-electron chi connectivity index (χ3n) is 5.40. The predicted molar refractivity (Wildman–Crippen MR) is 112 cm³/mol. The van der Waals surface area contributed by atoms with E-state index in [9.17, 15) is 15.0 Å². The fraction of sp³-hybridized carbons (Fsp3) is 0.957. The van der Waals surface area contributed by atoms with Crippen molar-refractivity contribution in [3.8, 4) is 0 Å². The Hall–Kier alpha value is -0.610. The highest BCUT2D eigenvalue weighted by atomic mass is 16.4. The van der Waals surface area contributed by atoms with Gasteiger partial charge >= 0.3 is 0 Å². The van der Waals surface area contributed by atoms with E-state index in [2.05, 4.69) is 6.92 Å². The number of nitrogens with zero attached hydrogens (tertiary/aromatic N) is 1. The lowest BCUT2D eigenvalue weighted by Gasteiger charge is -2.32. The standard InChI is InChI=1S/C23H47NO3/c1-4-5-6-7-8-9-10-11-12-13-14-15-16-17-18-19-22(25)20-24(2,3)21-23(26)27/h22,25H,4-21H2,1-3H3. The summed E-state index contributed by atoms with van der Waals surface area (Å²) in [6.45, 7) is 2.70. The van der Waals surface area contributed by atoms with Gasteiger partial charge in [0.1, 0.15) is 19.2 Å². The van der Waals surface area contributed by atoms with Gasteiger partial charge in [-0.3, -0.25) is 0 Å². The lowest BCUT2D eigenvalue weighted by Crippen LogP contribution is -2.51. The average molecular weight is 386 g/mol. The van der Waals surface area contributed by atoms with Crippen molar-refractivity contribution in [3.63, 3.8) is 0 Å². The number of likely N-dealkylation sites (N-methyl/N-ethyl adjacent to an activating group) is 1. The molecule has 0 saturated carbocycles. The molecule has 0 saturated heterocycles. The fourth-order valence-corrected chi connectivity index (χ4v) is 3.83. The molecule has 27 heavy (non-hydrogen) atoms. The third-order valence-corrected chi connectivity index (χ3v) is 5.40. The lowest BCUT2D eigenvalue weighted by atomic mass is 10.0. The van der Waals surface area contributed by atoms with Gasteiger partial charge in [0.25, 0.3) is 0 Å². The number of quaternary nitrogens is 1. The van der Waals surface area contributed by atoms with E-state index < -0.39 is 12.1 Å². The summed E-state index contributed by atoms with van der Waals surface area (Å²) in [7, 11) is 3.65. The monoisotopic (exact) mass is 385 g/mol. The van der Waals surface area contributed by atoms with Gasteiger partial charge < -0.3 is 19.5 Å². The highest BCUT2D eigenvalue weighted by molar-refractivity contribution is 5.65. The van der Waals surface area contributed by atoms with Crippen LogP contribution in [0.15, 0.2) is 0 Å².